The Balaban J connectivity index is 1.69. The topological polar surface area (TPSA) is 67.4 Å². The predicted octanol–water partition coefficient (Wildman–Crippen LogP) is 2.57. The summed E-state index contributed by atoms with van der Waals surface area (Å²) in [5.74, 6) is 1.37. The van der Waals surface area contributed by atoms with Gasteiger partial charge in [-0.1, -0.05) is 6.92 Å². The molecule has 2 amide bonds. The van der Waals surface area contributed by atoms with E-state index in [4.69, 9.17) is 4.74 Å². The third-order valence-electron chi connectivity index (χ3n) is 3.61. The van der Waals surface area contributed by atoms with Crippen molar-refractivity contribution in [2.45, 2.75) is 39.7 Å². The lowest BCUT2D eigenvalue weighted by Gasteiger charge is -2.11. The molecule has 2 rings (SSSR count). The normalized spacial score (nSPS) is 19.6. The van der Waals surface area contributed by atoms with Gasteiger partial charge in [0, 0.05) is 24.6 Å². The minimum absolute atomic E-state index is 0.0653. The van der Waals surface area contributed by atoms with Crippen molar-refractivity contribution in [3.8, 4) is 5.75 Å². The Morgan fingerprint density at radius 3 is 2.45 bits per heavy atom. The smallest absolute Gasteiger partial charge is 0.226 e. The number of ether oxygens (including phenoxy) is 1. The zero-order valence-electron chi connectivity index (χ0n) is 13.4. The van der Waals surface area contributed by atoms with Gasteiger partial charge in [-0.3, -0.25) is 9.59 Å². The quantitative estimate of drug-likeness (QED) is 0.813. The Morgan fingerprint density at radius 1 is 1.27 bits per heavy atom. The van der Waals surface area contributed by atoms with E-state index in [9.17, 15) is 9.59 Å². The van der Waals surface area contributed by atoms with Gasteiger partial charge in [0.2, 0.25) is 11.8 Å². The maximum atomic E-state index is 11.8. The molecule has 0 radical (unpaired) electrons. The molecule has 1 aromatic carbocycles. The monoisotopic (exact) mass is 304 g/mol. The van der Waals surface area contributed by atoms with Crippen LogP contribution in [0.25, 0.3) is 0 Å². The Morgan fingerprint density at radius 2 is 1.91 bits per heavy atom. The zero-order valence-corrected chi connectivity index (χ0v) is 13.4. The van der Waals surface area contributed by atoms with E-state index in [0.717, 1.165) is 17.9 Å². The van der Waals surface area contributed by atoms with Crippen molar-refractivity contribution in [1.29, 1.82) is 0 Å². The van der Waals surface area contributed by atoms with Crippen LogP contribution >= 0.6 is 0 Å². The highest BCUT2D eigenvalue weighted by molar-refractivity contribution is 5.91. The molecule has 0 spiro atoms. The third-order valence-corrected chi connectivity index (χ3v) is 3.61. The lowest BCUT2D eigenvalue weighted by molar-refractivity contribution is -0.122. The van der Waals surface area contributed by atoms with Gasteiger partial charge in [0.25, 0.3) is 0 Å². The molecule has 2 N–H and O–H groups in total. The van der Waals surface area contributed by atoms with Gasteiger partial charge in [-0.25, -0.2) is 0 Å². The fourth-order valence-electron chi connectivity index (χ4n) is 2.23. The van der Waals surface area contributed by atoms with Gasteiger partial charge in [0.15, 0.2) is 0 Å². The molecule has 120 valence electrons. The average Bonchev–Trinajstić information content (AvgIpc) is 3.17. The summed E-state index contributed by atoms with van der Waals surface area (Å²) in [7, 11) is 0. The van der Waals surface area contributed by atoms with Crippen LogP contribution < -0.4 is 15.4 Å². The van der Waals surface area contributed by atoms with E-state index >= 15 is 0 Å². The second kappa shape index (κ2) is 7.29. The van der Waals surface area contributed by atoms with Crippen molar-refractivity contribution in [1.82, 2.24) is 5.32 Å². The number of hydrogen-bond donors (Lipinski definition) is 2. The van der Waals surface area contributed by atoms with Gasteiger partial charge in [-0.15, -0.1) is 0 Å². The van der Waals surface area contributed by atoms with Gasteiger partial charge in [-0.05, 0) is 50.5 Å². The standard InChI is InChI=1S/C17H24N2O3/c1-11(2)22-14-6-4-13(5-7-14)19-16(20)8-9-18-17(21)15-10-12(15)3/h4-7,11-12,15H,8-10H2,1-3H3,(H,18,21)(H,19,20). The van der Waals surface area contributed by atoms with Crippen LogP contribution in [0.1, 0.15) is 33.6 Å². The molecule has 0 aliphatic heterocycles. The second-order valence-corrected chi connectivity index (χ2v) is 6.10. The molecule has 1 fully saturated rings. The van der Waals surface area contributed by atoms with Crippen molar-refractivity contribution in [3.05, 3.63) is 24.3 Å². The first-order valence-electron chi connectivity index (χ1n) is 7.80. The zero-order chi connectivity index (χ0) is 16.1. The van der Waals surface area contributed by atoms with Crippen molar-refractivity contribution in [2.75, 3.05) is 11.9 Å². The molecule has 5 heteroatoms. The summed E-state index contributed by atoms with van der Waals surface area (Å²) in [6, 6.07) is 7.26. The molecule has 0 aromatic heterocycles. The summed E-state index contributed by atoms with van der Waals surface area (Å²) in [6.07, 6.45) is 1.36. The number of nitrogens with one attached hydrogen (secondary N) is 2. The van der Waals surface area contributed by atoms with Crippen LogP contribution in [0.5, 0.6) is 5.75 Å². The number of carbonyl (C=O) groups is 2. The fourth-order valence-corrected chi connectivity index (χ4v) is 2.23. The molecule has 0 bridgehead atoms. The van der Waals surface area contributed by atoms with E-state index in [1.54, 1.807) is 12.1 Å². The Hall–Kier alpha value is -2.04. The molecule has 1 aromatic rings. The molecule has 22 heavy (non-hydrogen) atoms. The Labute approximate surface area is 131 Å². The number of carbonyl (C=O) groups excluding carboxylic acids is 2. The summed E-state index contributed by atoms with van der Waals surface area (Å²) in [4.78, 5) is 23.4. The van der Waals surface area contributed by atoms with E-state index in [1.165, 1.54) is 0 Å². The van der Waals surface area contributed by atoms with E-state index in [0.29, 0.717) is 12.5 Å². The van der Waals surface area contributed by atoms with Crippen LogP contribution in [-0.2, 0) is 9.59 Å². The molecular weight excluding hydrogens is 280 g/mol. The molecule has 1 saturated carbocycles. The van der Waals surface area contributed by atoms with Crippen LogP contribution in [0.3, 0.4) is 0 Å². The second-order valence-electron chi connectivity index (χ2n) is 6.10. The first kappa shape index (κ1) is 16.3. The summed E-state index contributed by atoms with van der Waals surface area (Å²) < 4.78 is 5.54. The van der Waals surface area contributed by atoms with Crippen molar-refractivity contribution >= 4 is 17.5 Å². The highest BCUT2D eigenvalue weighted by atomic mass is 16.5. The summed E-state index contributed by atoms with van der Waals surface area (Å²) in [6.45, 7) is 6.37. The minimum atomic E-state index is -0.110. The lowest BCUT2D eigenvalue weighted by atomic mass is 10.2. The van der Waals surface area contributed by atoms with Gasteiger partial charge >= 0.3 is 0 Å². The Kier molecular flexibility index (Phi) is 5.41. The third kappa shape index (κ3) is 5.06. The van der Waals surface area contributed by atoms with Crippen molar-refractivity contribution in [3.63, 3.8) is 0 Å². The van der Waals surface area contributed by atoms with Crippen LogP contribution in [0.2, 0.25) is 0 Å². The van der Waals surface area contributed by atoms with Crippen LogP contribution in [0.15, 0.2) is 24.3 Å². The number of benzene rings is 1. The summed E-state index contributed by atoms with van der Waals surface area (Å²) >= 11 is 0. The largest absolute Gasteiger partial charge is 0.491 e. The fraction of sp³-hybridized carbons (Fsp3) is 0.529. The van der Waals surface area contributed by atoms with Crippen molar-refractivity contribution < 1.29 is 14.3 Å². The predicted molar refractivity (Wildman–Crippen MR) is 85.7 cm³/mol. The molecule has 1 aliphatic rings. The highest BCUT2D eigenvalue weighted by Gasteiger charge is 2.38. The minimum Gasteiger partial charge on any atom is -0.491 e. The van der Waals surface area contributed by atoms with E-state index in [2.05, 4.69) is 17.6 Å². The first-order valence-corrected chi connectivity index (χ1v) is 7.80. The van der Waals surface area contributed by atoms with Gasteiger partial charge in [-0.2, -0.15) is 0 Å². The highest BCUT2D eigenvalue weighted by Crippen LogP contribution is 2.37. The Bertz CT molecular complexity index is 525. The number of anilines is 1. The number of amides is 2. The molecule has 2 atom stereocenters. The molecule has 0 heterocycles. The number of rotatable bonds is 7. The van der Waals surface area contributed by atoms with Crippen molar-refractivity contribution in [2.24, 2.45) is 11.8 Å². The van der Waals surface area contributed by atoms with Crippen LogP contribution in [0.4, 0.5) is 5.69 Å². The average molecular weight is 304 g/mol. The number of hydrogen-bond acceptors (Lipinski definition) is 3. The van der Waals surface area contributed by atoms with Gasteiger partial charge in [0.1, 0.15) is 5.75 Å². The summed E-state index contributed by atoms with van der Waals surface area (Å²) in [5.41, 5.74) is 0.725. The van der Waals surface area contributed by atoms with Crippen LogP contribution in [0, 0.1) is 11.8 Å². The molecule has 2 unspecified atom stereocenters. The first-order chi connectivity index (χ1) is 10.5. The lowest BCUT2D eigenvalue weighted by Crippen LogP contribution is -2.29. The molecule has 0 saturated heterocycles. The van der Waals surface area contributed by atoms with Crippen LogP contribution in [-0.4, -0.2) is 24.5 Å². The summed E-state index contributed by atoms with van der Waals surface area (Å²) in [5, 5.41) is 5.61. The maximum absolute atomic E-state index is 11.8. The van der Waals surface area contributed by atoms with Gasteiger partial charge < -0.3 is 15.4 Å². The van der Waals surface area contributed by atoms with Gasteiger partial charge in [0.05, 0.1) is 6.10 Å². The van der Waals surface area contributed by atoms with E-state index < -0.39 is 0 Å². The maximum Gasteiger partial charge on any atom is 0.226 e. The molecular formula is C17H24N2O3. The molecule has 1 aliphatic carbocycles. The molecule has 5 nitrogen and oxygen atoms in total. The SMILES string of the molecule is CC(C)Oc1ccc(NC(=O)CCNC(=O)C2CC2C)cc1. The van der Waals surface area contributed by atoms with E-state index in [1.807, 2.05) is 26.0 Å². The van der Waals surface area contributed by atoms with E-state index in [-0.39, 0.29) is 30.3 Å².